The van der Waals surface area contributed by atoms with Crippen molar-refractivity contribution < 1.29 is 18.5 Å². The number of esters is 1. The lowest BCUT2D eigenvalue weighted by atomic mass is 10.2. The summed E-state index contributed by atoms with van der Waals surface area (Å²) in [6, 6.07) is 3.89. The maximum absolute atomic E-state index is 11.6. The SMILES string of the molecule is COC(=O)c1oc(CN2CCN(Cc3cc(C)no3)CC2)cc1C. The molecule has 2 aromatic heterocycles. The first kappa shape index (κ1) is 16.7. The summed E-state index contributed by atoms with van der Waals surface area (Å²) in [7, 11) is 1.36. The molecule has 0 unspecified atom stereocenters. The van der Waals surface area contributed by atoms with Gasteiger partial charge < -0.3 is 13.7 Å². The van der Waals surface area contributed by atoms with Crippen molar-refractivity contribution in [1.82, 2.24) is 15.0 Å². The van der Waals surface area contributed by atoms with Crippen LogP contribution in [-0.2, 0) is 17.8 Å². The quantitative estimate of drug-likeness (QED) is 0.775. The van der Waals surface area contributed by atoms with Crippen LogP contribution in [0.25, 0.3) is 0 Å². The lowest BCUT2D eigenvalue weighted by molar-refractivity contribution is 0.0557. The van der Waals surface area contributed by atoms with E-state index in [1.54, 1.807) is 0 Å². The highest BCUT2D eigenvalue weighted by atomic mass is 16.5. The molecule has 1 aliphatic rings. The molecule has 0 aromatic carbocycles. The van der Waals surface area contributed by atoms with Gasteiger partial charge in [-0.1, -0.05) is 5.16 Å². The van der Waals surface area contributed by atoms with Gasteiger partial charge in [-0.05, 0) is 19.9 Å². The number of aryl methyl sites for hydroxylation is 2. The number of carbonyl (C=O) groups is 1. The Morgan fingerprint density at radius 2 is 1.75 bits per heavy atom. The molecular weight excluding hydrogens is 310 g/mol. The Hall–Kier alpha value is -2.12. The van der Waals surface area contributed by atoms with E-state index in [1.165, 1.54) is 7.11 Å². The molecule has 2 aromatic rings. The van der Waals surface area contributed by atoms with Crippen LogP contribution in [0.3, 0.4) is 0 Å². The second kappa shape index (κ2) is 7.19. The Bertz CT molecular complexity index is 699. The van der Waals surface area contributed by atoms with E-state index < -0.39 is 5.97 Å². The highest BCUT2D eigenvalue weighted by molar-refractivity contribution is 5.87. The summed E-state index contributed by atoms with van der Waals surface area (Å²) in [6.07, 6.45) is 0. The van der Waals surface area contributed by atoms with E-state index in [4.69, 9.17) is 13.7 Å². The van der Waals surface area contributed by atoms with E-state index in [0.717, 1.165) is 55.5 Å². The predicted octanol–water partition coefficient (Wildman–Crippen LogP) is 1.99. The maximum atomic E-state index is 11.6. The van der Waals surface area contributed by atoms with E-state index in [9.17, 15) is 4.79 Å². The van der Waals surface area contributed by atoms with Crippen molar-refractivity contribution in [3.8, 4) is 0 Å². The lowest BCUT2D eigenvalue weighted by Gasteiger charge is -2.33. The molecule has 3 rings (SSSR count). The second-order valence-electron chi connectivity index (χ2n) is 6.20. The fourth-order valence-electron chi connectivity index (χ4n) is 2.96. The number of carbonyl (C=O) groups excluding carboxylic acids is 1. The van der Waals surface area contributed by atoms with E-state index in [0.29, 0.717) is 12.3 Å². The van der Waals surface area contributed by atoms with Crippen LogP contribution in [-0.4, -0.2) is 54.2 Å². The van der Waals surface area contributed by atoms with Crippen LogP contribution in [0.1, 0.15) is 33.3 Å². The van der Waals surface area contributed by atoms with E-state index in [-0.39, 0.29) is 0 Å². The molecule has 7 heteroatoms. The van der Waals surface area contributed by atoms with E-state index >= 15 is 0 Å². The number of furan rings is 1. The topological polar surface area (TPSA) is 72.0 Å². The number of piperazine rings is 1. The molecule has 3 heterocycles. The molecule has 7 nitrogen and oxygen atoms in total. The van der Waals surface area contributed by atoms with Crippen molar-refractivity contribution in [1.29, 1.82) is 0 Å². The number of hydrogen-bond acceptors (Lipinski definition) is 7. The summed E-state index contributed by atoms with van der Waals surface area (Å²) in [5.74, 6) is 1.58. The van der Waals surface area contributed by atoms with Crippen LogP contribution in [0.15, 0.2) is 21.1 Å². The molecule has 1 fully saturated rings. The number of hydrogen-bond donors (Lipinski definition) is 0. The van der Waals surface area contributed by atoms with E-state index in [2.05, 4.69) is 15.0 Å². The maximum Gasteiger partial charge on any atom is 0.374 e. The van der Waals surface area contributed by atoms with Gasteiger partial charge in [-0.3, -0.25) is 9.80 Å². The van der Waals surface area contributed by atoms with Gasteiger partial charge >= 0.3 is 5.97 Å². The zero-order valence-electron chi connectivity index (χ0n) is 14.4. The highest BCUT2D eigenvalue weighted by Crippen LogP contribution is 2.18. The average molecular weight is 333 g/mol. The highest BCUT2D eigenvalue weighted by Gasteiger charge is 2.21. The molecule has 0 radical (unpaired) electrons. The Kier molecular flexibility index (Phi) is 5.01. The fourth-order valence-corrected chi connectivity index (χ4v) is 2.96. The molecule has 24 heavy (non-hydrogen) atoms. The summed E-state index contributed by atoms with van der Waals surface area (Å²) < 4.78 is 15.6. The van der Waals surface area contributed by atoms with Gasteiger partial charge in [0.25, 0.3) is 0 Å². The largest absolute Gasteiger partial charge is 0.463 e. The molecule has 0 spiro atoms. The number of aromatic nitrogens is 1. The first-order valence-electron chi connectivity index (χ1n) is 8.09. The van der Waals surface area contributed by atoms with Gasteiger partial charge in [0.2, 0.25) is 5.76 Å². The molecule has 0 saturated carbocycles. The lowest BCUT2D eigenvalue weighted by Crippen LogP contribution is -2.45. The first-order chi connectivity index (χ1) is 11.5. The van der Waals surface area contributed by atoms with Gasteiger partial charge in [-0.15, -0.1) is 0 Å². The van der Waals surface area contributed by atoms with Gasteiger partial charge in [0.15, 0.2) is 5.76 Å². The van der Waals surface area contributed by atoms with Crippen LogP contribution in [0.2, 0.25) is 0 Å². The Morgan fingerprint density at radius 3 is 2.29 bits per heavy atom. The van der Waals surface area contributed by atoms with Crippen molar-refractivity contribution in [2.75, 3.05) is 33.3 Å². The van der Waals surface area contributed by atoms with Gasteiger partial charge in [0, 0.05) is 37.8 Å². The molecule has 0 amide bonds. The third-order valence-corrected chi connectivity index (χ3v) is 4.24. The minimum atomic E-state index is -0.425. The van der Waals surface area contributed by atoms with Crippen molar-refractivity contribution >= 4 is 5.97 Å². The number of nitrogens with zero attached hydrogens (tertiary/aromatic N) is 3. The van der Waals surface area contributed by atoms with Crippen LogP contribution >= 0.6 is 0 Å². The van der Waals surface area contributed by atoms with Crippen LogP contribution in [0, 0.1) is 13.8 Å². The Labute approximate surface area is 141 Å². The minimum Gasteiger partial charge on any atom is -0.463 e. The van der Waals surface area contributed by atoms with Gasteiger partial charge in [-0.25, -0.2) is 4.79 Å². The smallest absolute Gasteiger partial charge is 0.374 e. The van der Waals surface area contributed by atoms with Crippen LogP contribution < -0.4 is 0 Å². The average Bonchev–Trinajstić information content (AvgIpc) is 3.14. The molecule has 0 atom stereocenters. The standard InChI is InChI=1S/C17H23N3O4/c1-12-8-14(23-16(12)17(21)22-3)10-19-4-6-20(7-5-19)11-15-9-13(2)18-24-15/h8-9H,4-7,10-11H2,1-3H3. The van der Waals surface area contributed by atoms with Crippen molar-refractivity contribution in [2.45, 2.75) is 26.9 Å². The third kappa shape index (κ3) is 3.85. The molecule has 130 valence electrons. The molecule has 1 saturated heterocycles. The van der Waals surface area contributed by atoms with E-state index in [1.807, 2.05) is 26.0 Å². The van der Waals surface area contributed by atoms with Crippen molar-refractivity contribution in [3.05, 3.63) is 40.7 Å². The molecule has 0 aliphatic carbocycles. The summed E-state index contributed by atoms with van der Waals surface area (Å²) >= 11 is 0. The van der Waals surface area contributed by atoms with Crippen molar-refractivity contribution in [3.63, 3.8) is 0 Å². The number of rotatable bonds is 5. The monoisotopic (exact) mass is 333 g/mol. The minimum absolute atomic E-state index is 0.298. The number of ether oxygens (including phenoxy) is 1. The molecule has 0 N–H and O–H groups in total. The van der Waals surface area contributed by atoms with Gasteiger partial charge in [-0.2, -0.15) is 0 Å². The zero-order chi connectivity index (χ0) is 17.1. The molecule has 1 aliphatic heterocycles. The molecular formula is C17H23N3O4. The predicted molar refractivity (Wildman–Crippen MR) is 86.6 cm³/mol. The second-order valence-corrected chi connectivity index (χ2v) is 6.20. The fraction of sp³-hybridized carbons (Fsp3) is 0.529. The Morgan fingerprint density at radius 1 is 1.12 bits per heavy atom. The van der Waals surface area contributed by atoms with Gasteiger partial charge in [0.1, 0.15) is 5.76 Å². The van der Waals surface area contributed by atoms with Crippen LogP contribution in [0.4, 0.5) is 0 Å². The normalized spacial score (nSPS) is 16.5. The van der Waals surface area contributed by atoms with Gasteiger partial charge in [0.05, 0.1) is 25.9 Å². The van der Waals surface area contributed by atoms with Crippen LogP contribution in [0.5, 0.6) is 0 Å². The first-order valence-corrected chi connectivity index (χ1v) is 8.09. The summed E-state index contributed by atoms with van der Waals surface area (Å²) in [5, 5.41) is 3.92. The zero-order valence-corrected chi connectivity index (χ0v) is 14.4. The summed E-state index contributed by atoms with van der Waals surface area (Å²) in [5.41, 5.74) is 1.73. The van der Waals surface area contributed by atoms with Crippen molar-refractivity contribution in [2.24, 2.45) is 0 Å². The summed E-state index contributed by atoms with van der Waals surface area (Å²) in [4.78, 5) is 16.3. The third-order valence-electron chi connectivity index (χ3n) is 4.24. The summed E-state index contributed by atoms with van der Waals surface area (Å²) in [6.45, 7) is 9.09. The number of methoxy groups -OCH3 is 1. The molecule has 0 bridgehead atoms. The Balaban J connectivity index is 1.51.